The van der Waals surface area contributed by atoms with Gasteiger partial charge in [0.2, 0.25) is 0 Å². The fraction of sp³-hybridized carbons (Fsp3) is 0.0833. The second-order valence-electron chi connectivity index (χ2n) is 7.23. The summed E-state index contributed by atoms with van der Waals surface area (Å²) in [7, 11) is -1.67. The highest BCUT2D eigenvalue weighted by atomic mass is 35.5. The normalized spacial score (nSPS) is 11.3. The summed E-state index contributed by atoms with van der Waals surface area (Å²) in [5.74, 6) is 0. The molecule has 161 valence electrons. The molecular weight excluding hydrogens is 446 g/mol. The molecule has 4 rings (SSSR count). The lowest BCUT2D eigenvalue weighted by Gasteiger charge is -2.16. The third-order valence-electron chi connectivity index (χ3n) is 4.95. The zero-order valence-corrected chi connectivity index (χ0v) is 18.9. The molecule has 1 radical (unpaired) electrons. The molecule has 1 aromatic heterocycles. The van der Waals surface area contributed by atoms with E-state index in [2.05, 4.69) is 11.3 Å². The van der Waals surface area contributed by atoms with E-state index in [-0.39, 0.29) is 10.9 Å². The van der Waals surface area contributed by atoms with E-state index in [1.54, 1.807) is 31.3 Å². The fourth-order valence-corrected chi connectivity index (χ4v) is 3.96. The number of rotatable bonds is 4. The molecule has 0 aliphatic rings. The van der Waals surface area contributed by atoms with Gasteiger partial charge in [-0.25, -0.2) is 13.2 Å². The van der Waals surface area contributed by atoms with E-state index in [0.29, 0.717) is 27.5 Å². The molecule has 0 aliphatic heterocycles. The van der Waals surface area contributed by atoms with E-state index >= 15 is 0 Å². The van der Waals surface area contributed by atoms with Crippen molar-refractivity contribution in [3.63, 3.8) is 0 Å². The molecular formula is C24H19ClN3O3S. The van der Waals surface area contributed by atoms with E-state index in [4.69, 9.17) is 11.6 Å². The Balaban J connectivity index is 1.80. The van der Waals surface area contributed by atoms with Crippen LogP contribution in [0.25, 0.3) is 22.4 Å². The number of benzene rings is 3. The van der Waals surface area contributed by atoms with Crippen molar-refractivity contribution in [3.8, 4) is 22.4 Å². The van der Waals surface area contributed by atoms with Crippen molar-refractivity contribution in [2.75, 3.05) is 18.2 Å². The second-order valence-corrected chi connectivity index (χ2v) is 9.68. The van der Waals surface area contributed by atoms with E-state index < -0.39 is 9.84 Å². The Kier molecular flexibility index (Phi) is 5.86. The molecule has 0 saturated carbocycles. The molecule has 0 fully saturated rings. The maximum atomic E-state index is 13.1. The summed E-state index contributed by atoms with van der Waals surface area (Å²) in [6, 6.07) is 22.3. The number of hydrogen-bond acceptors (Lipinski definition) is 4. The third-order valence-corrected chi connectivity index (χ3v) is 6.34. The Hall–Kier alpha value is -3.42. The number of halogens is 1. The highest BCUT2D eigenvalue weighted by Gasteiger charge is 2.21. The molecule has 0 bridgehead atoms. The molecule has 1 amide bonds. The van der Waals surface area contributed by atoms with Gasteiger partial charge in [-0.1, -0.05) is 54.1 Å². The maximum Gasteiger partial charge on any atom is 0.349 e. The number of carbonyl (C=O) groups is 1. The first-order valence-corrected chi connectivity index (χ1v) is 11.9. The SMILES string of the molecule is CN(C(=O)n1[c]c(-c2ccc(Cl)cc2)c(-c2ccc(S(C)(=O)=O)cc2)n1)c1ccccc1. The van der Waals surface area contributed by atoms with Gasteiger partial charge in [-0.15, -0.1) is 0 Å². The van der Waals surface area contributed by atoms with Crippen LogP contribution >= 0.6 is 11.6 Å². The molecule has 0 aliphatic carbocycles. The number of carbonyl (C=O) groups excluding carboxylic acids is 1. The van der Waals surface area contributed by atoms with Crippen LogP contribution in [0.3, 0.4) is 0 Å². The fourth-order valence-electron chi connectivity index (χ4n) is 3.21. The standard InChI is InChI=1S/C24H19ClN3O3S/c1-27(20-6-4-3-5-7-20)24(29)28-16-22(17-8-12-19(25)13-9-17)23(26-28)18-10-14-21(15-11-18)32(2,30)31/h3-15H,1-2H3. The number of sulfone groups is 1. The smallest absolute Gasteiger partial charge is 0.296 e. The van der Waals surface area contributed by atoms with Crippen molar-refractivity contribution < 1.29 is 13.2 Å². The topological polar surface area (TPSA) is 72.3 Å². The molecule has 0 N–H and O–H groups in total. The Labute approximate surface area is 191 Å². The predicted octanol–water partition coefficient (Wildman–Crippen LogP) is 5.18. The van der Waals surface area contributed by atoms with Crippen molar-refractivity contribution >= 4 is 33.2 Å². The van der Waals surface area contributed by atoms with Gasteiger partial charge < -0.3 is 0 Å². The number of para-hydroxylation sites is 1. The average molecular weight is 465 g/mol. The van der Waals surface area contributed by atoms with Crippen LogP contribution in [0.1, 0.15) is 0 Å². The van der Waals surface area contributed by atoms with Crippen LogP contribution < -0.4 is 4.90 Å². The summed E-state index contributed by atoms with van der Waals surface area (Å²) in [4.78, 5) is 14.8. The molecule has 3 aromatic carbocycles. The molecule has 0 unspecified atom stereocenters. The Bertz CT molecular complexity index is 1360. The van der Waals surface area contributed by atoms with Gasteiger partial charge in [0.05, 0.1) is 4.90 Å². The lowest BCUT2D eigenvalue weighted by Crippen LogP contribution is -2.31. The van der Waals surface area contributed by atoms with E-state index in [1.165, 1.54) is 17.0 Å². The lowest BCUT2D eigenvalue weighted by atomic mass is 10.0. The van der Waals surface area contributed by atoms with E-state index in [1.807, 2.05) is 42.5 Å². The molecule has 1 heterocycles. The number of nitrogens with zero attached hydrogens (tertiary/aromatic N) is 3. The minimum absolute atomic E-state index is 0.206. The first-order chi connectivity index (χ1) is 15.2. The minimum atomic E-state index is -3.33. The van der Waals surface area contributed by atoms with Crippen LogP contribution in [-0.4, -0.2) is 37.5 Å². The van der Waals surface area contributed by atoms with Crippen molar-refractivity contribution in [2.24, 2.45) is 0 Å². The minimum Gasteiger partial charge on any atom is -0.296 e. The summed E-state index contributed by atoms with van der Waals surface area (Å²) in [6.07, 6.45) is 4.22. The summed E-state index contributed by atoms with van der Waals surface area (Å²) >= 11 is 6.03. The number of aromatic nitrogens is 2. The quantitative estimate of drug-likeness (QED) is 0.417. The van der Waals surface area contributed by atoms with Gasteiger partial charge in [-0.05, 0) is 42.0 Å². The van der Waals surface area contributed by atoms with Gasteiger partial charge in [0.15, 0.2) is 9.84 Å². The van der Waals surface area contributed by atoms with Crippen LogP contribution in [0.4, 0.5) is 10.5 Å². The van der Waals surface area contributed by atoms with Gasteiger partial charge in [-0.2, -0.15) is 9.78 Å². The predicted molar refractivity (Wildman–Crippen MR) is 126 cm³/mol. The van der Waals surface area contributed by atoms with Crippen LogP contribution in [0.15, 0.2) is 83.8 Å². The van der Waals surface area contributed by atoms with Gasteiger partial charge >= 0.3 is 6.03 Å². The van der Waals surface area contributed by atoms with Gasteiger partial charge in [0.1, 0.15) is 11.9 Å². The zero-order chi connectivity index (χ0) is 22.9. The first-order valence-electron chi connectivity index (χ1n) is 9.66. The Morgan fingerprint density at radius 3 is 2.12 bits per heavy atom. The molecule has 0 spiro atoms. The molecule has 32 heavy (non-hydrogen) atoms. The molecule has 0 saturated heterocycles. The van der Waals surface area contributed by atoms with Gasteiger partial charge in [0.25, 0.3) is 0 Å². The third kappa shape index (κ3) is 4.44. The maximum absolute atomic E-state index is 13.1. The molecule has 6 nitrogen and oxygen atoms in total. The van der Waals surface area contributed by atoms with Crippen molar-refractivity contribution in [3.05, 3.63) is 90.1 Å². The van der Waals surface area contributed by atoms with Crippen molar-refractivity contribution in [1.82, 2.24) is 9.78 Å². The van der Waals surface area contributed by atoms with Crippen LogP contribution in [0.2, 0.25) is 5.02 Å². The largest absolute Gasteiger partial charge is 0.349 e. The lowest BCUT2D eigenvalue weighted by molar-refractivity contribution is 0.246. The molecule has 4 aromatic rings. The summed E-state index contributed by atoms with van der Waals surface area (Å²) in [5, 5.41) is 5.09. The monoisotopic (exact) mass is 464 g/mol. The Morgan fingerprint density at radius 2 is 1.53 bits per heavy atom. The van der Waals surface area contributed by atoms with Crippen LogP contribution in [-0.2, 0) is 9.84 Å². The second kappa shape index (κ2) is 8.61. The first kappa shape index (κ1) is 21.8. The number of anilines is 1. The van der Waals surface area contributed by atoms with Gasteiger partial charge in [-0.3, -0.25) is 4.90 Å². The van der Waals surface area contributed by atoms with Crippen LogP contribution in [0.5, 0.6) is 0 Å². The summed E-state index contributed by atoms with van der Waals surface area (Å²) < 4.78 is 24.8. The van der Waals surface area contributed by atoms with Gasteiger partial charge in [0, 0.05) is 35.1 Å². The molecule has 0 atom stereocenters. The summed E-state index contributed by atoms with van der Waals surface area (Å²) in [5.41, 5.74) is 3.25. The average Bonchev–Trinajstić information content (AvgIpc) is 3.24. The Morgan fingerprint density at radius 1 is 0.938 bits per heavy atom. The number of hydrogen-bond donors (Lipinski definition) is 0. The zero-order valence-electron chi connectivity index (χ0n) is 17.4. The summed E-state index contributed by atoms with van der Waals surface area (Å²) in [6.45, 7) is 0. The van der Waals surface area contributed by atoms with E-state index in [9.17, 15) is 13.2 Å². The van der Waals surface area contributed by atoms with Crippen LogP contribution in [0, 0.1) is 6.20 Å². The highest BCUT2D eigenvalue weighted by Crippen LogP contribution is 2.32. The van der Waals surface area contributed by atoms with Crippen molar-refractivity contribution in [2.45, 2.75) is 4.90 Å². The highest BCUT2D eigenvalue weighted by molar-refractivity contribution is 7.90. The van der Waals surface area contributed by atoms with Crippen molar-refractivity contribution in [1.29, 1.82) is 0 Å². The number of amides is 1. The van der Waals surface area contributed by atoms with E-state index in [0.717, 1.165) is 16.5 Å². The molecule has 8 heteroatoms.